The van der Waals surface area contributed by atoms with Crippen LogP contribution in [0.2, 0.25) is 0 Å². The van der Waals surface area contributed by atoms with Gasteiger partial charge in [-0.1, -0.05) is 36.4 Å². The van der Waals surface area contributed by atoms with Crippen LogP contribution in [0, 0.1) is 0 Å². The number of benzene rings is 1. The Hall–Kier alpha value is -1.08. The minimum Gasteiger partial charge on any atom is -0.393 e. The minimum atomic E-state index is -0.238. The molecule has 0 saturated carbocycles. The second-order valence-corrected chi connectivity index (χ2v) is 3.20. The topological polar surface area (TPSA) is 20.2 Å². The van der Waals surface area contributed by atoms with Crippen molar-refractivity contribution >= 4 is 0 Å². The molecule has 0 radical (unpaired) electrons. The van der Waals surface area contributed by atoms with E-state index in [0.29, 0.717) is 6.42 Å². The molecule has 0 aliphatic carbocycles. The van der Waals surface area contributed by atoms with Gasteiger partial charge in [0.1, 0.15) is 0 Å². The highest BCUT2D eigenvalue weighted by Crippen LogP contribution is 2.06. The average Bonchev–Trinajstić information content (AvgIpc) is 2.17. The minimum absolute atomic E-state index is 0.238. The van der Waals surface area contributed by atoms with Crippen LogP contribution >= 0.6 is 0 Å². The Morgan fingerprint density at radius 2 is 2.00 bits per heavy atom. The summed E-state index contributed by atoms with van der Waals surface area (Å²) in [6.07, 6.45) is 3.96. The lowest BCUT2D eigenvalue weighted by Gasteiger charge is -2.06. The molecular formula is C12H16O. The summed E-state index contributed by atoms with van der Waals surface area (Å²) in [4.78, 5) is 0. The van der Waals surface area contributed by atoms with E-state index >= 15 is 0 Å². The fraction of sp³-hybridized carbons (Fsp3) is 0.333. The first-order valence-corrected chi connectivity index (χ1v) is 4.66. The number of hydrogen-bond donors (Lipinski definition) is 1. The van der Waals surface area contributed by atoms with Crippen molar-refractivity contribution in [2.75, 3.05) is 0 Å². The van der Waals surface area contributed by atoms with Crippen LogP contribution in [-0.4, -0.2) is 11.2 Å². The molecule has 0 aliphatic rings. The van der Waals surface area contributed by atoms with Crippen molar-refractivity contribution in [1.29, 1.82) is 0 Å². The predicted molar refractivity (Wildman–Crippen MR) is 55.6 cm³/mol. The molecule has 0 spiro atoms. The van der Waals surface area contributed by atoms with Gasteiger partial charge in [-0.15, -0.1) is 6.58 Å². The smallest absolute Gasteiger partial charge is 0.0577 e. The van der Waals surface area contributed by atoms with Crippen LogP contribution < -0.4 is 0 Å². The Morgan fingerprint density at radius 3 is 2.62 bits per heavy atom. The molecule has 1 aromatic rings. The van der Waals surface area contributed by atoms with Crippen molar-refractivity contribution in [1.82, 2.24) is 0 Å². The van der Waals surface area contributed by atoms with Gasteiger partial charge in [0, 0.05) is 0 Å². The lowest BCUT2D eigenvalue weighted by molar-refractivity contribution is 0.168. The molecular weight excluding hydrogens is 160 g/mol. The average molecular weight is 176 g/mol. The summed E-state index contributed by atoms with van der Waals surface area (Å²) in [6.45, 7) is 3.60. The number of aliphatic hydroxyl groups is 1. The molecule has 0 aliphatic heterocycles. The zero-order valence-corrected chi connectivity index (χ0v) is 7.82. The molecule has 1 unspecified atom stereocenters. The highest BCUT2D eigenvalue weighted by atomic mass is 16.3. The standard InChI is InChI=1S/C12H16O/c1-2-6-12(13)10-9-11-7-4-3-5-8-11/h2-5,7-8,12-13H,1,6,9-10H2. The number of hydrogen-bond acceptors (Lipinski definition) is 1. The summed E-state index contributed by atoms with van der Waals surface area (Å²) in [5, 5.41) is 9.44. The Balaban J connectivity index is 2.30. The summed E-state index contributed by atoms with van der Waals surface area (Å²) in [5.74, 6) is 0. The normalized spacial score (nSPS) is 12.4. The third-order valence-electron chi connectivity index (χ3n) is 2.05. The van der Waals surface area contributed by atoms with Crippen LogP contribution in [0.15, 0.2) is 43.0 Å². The maximum Gasteiger partial charge on any atom is 0.0577 e. The first-order chi connectivity index (χ1) is 6.33. The van der Waals surface area contributed by atoms with Crippen molar-refractivity contribution in [3.8, 4) is 0 Å². The van der Waals surface area contributed by atoms with E-state index in [1.807, 2.05) is 18.2 Å². The van der Waals surface area contributed by atoms with Crippen LogP contribution in [0.3, 0.4) is 0 Å². The molecule has 0 heterocycles. The Bertz CT molecular complexity index is 241. The molecule has 0 amide bonds. The highest BCUT2D eigenvalue weighted by molar-refractivity contribution is 5.14. The van der Waals surface area contributed by atoms with E-state index in [1.54, 1.807) is 6.08 Å². The van der Waals surface area contributed by atoms with Gasteiger partial charge in [0.05, 0.1) is 6.10 Å². The molecule has 1 heteroatoms. The first-order valence-electron chi connectivity index (χ1n) is 4.66. The second-order valence-electron chi connectivity index (χ2n) is 3.20. The van der Waals surface area contributed by atoms with Gasteiger partial charge >= 0.3 is 0 Å². The molecule has 70 valence electrons. The van der Waals surface area contributed by atoms with Crippen molar-refractivity contribution < 1.29 is 5.11 Å². The van der Waals surface area contributed by atoms with E-state index in [4.69, 9.17) is 0 Å². The van der Waals surface area contributed by atoms with E-state index < -0.39 is 0 Å². The van der Waals surface area contributed by atoms with Crippen molar-refractivity contribution in [3.63, 3.8) is 0 Å². The summed E-state index contributed by atoms with van der Waals surface area (Å²) in [7, 11) is 0. The number of aliphatic hydroxyl groups excluding tert-OH is 1. The van der Waals surface area contributed by atoms with Crippen LogP contribution in [0.5, 0.6) is 0 Å². The molecule has 1 nitrogen and oxygen atoms in total. The first kappa shape index (κ1) is 10.0. The maximum absolute atomic E-state index is 9.44. The van der Waals surface area contributed by atoms with E-state index in [9.17, 15) is 5.11 Å². The van der Waals surface area contributed by atoms with Gasteiger partial charge in [-0.2, -0.15) is 0 Å². The summed E-state index contributed by atoms with van der Waals surface area (Å²) < 4.78 is 0. The third-order valence-corrected chi connectivity index (χ3v) is 2.05. The molecule has 0 fully saturated rings. The summed E-state index contributed by atoms with van der Waals surface area (Å²) in [6, 6.07) is 10.2. The van der Waals surface area contributed by atoms with Crippen molar-refractivity contribution in [2.45, 2.75) is 25.4 Å². The maximum atomic E-state index is 9.44. The summed E-state index contributed by atoms with van der Waals surface area (Å²) >= 11 is 0. The van der Waals surface area contributed by atoms with Gasteiger partial charge in [-0.05, 0) is 24.8 Å². The van der Waals surface area contributed by atoms with Gasteiger partial charge in [-0.25, -0.2) is 0 Å². The van der Waals surface area contributed by atoms with E-state index in [2.05, 4.69) is 18.7 Å². The van der Waals surface area contributed by atoms with Gasteiger partial charge < -0.3 is 5.11 Å². The molecule has 1 N–H and O–H groups in total. The van der Waals surface area contributed by atoms with Crippen molar-refractivity contribution in [3.05, 3.63) is 48.6 Å². The molecule has 1 aromatic carbocycles. The lowest BCUT2D eigenvalue weighted by Crippen LogP contribution is -2.05. The third kappa shape index (κ3) is 3.90. The molecule has 1 rings (SSSR count). The van der Waals surface area contributed by atoms with E-state index in [1.165, 1.54) is 5.56 Å². The fourth-order valence-electron chi connectivity index (χ4n) is 1.29. The Kier molecular flexibility index (Phi) is 4.27. The molecule has 0 saturated heterocycles. The van der Waals surface area contributed by atoms with Gasteiger partial charge in [-0.3, -0.25) is 0 Å². The molecule has 0 aromatic heterocycles. The Morgan fingerprint density at radius 1 is 1.31 bits per heavy atom. The van der Waals surface area contributed by atoms with Crippen LogP contribution in [0.4, 0.5) is 0 Å². The van der Waals surface area contributed by atoms with Crippen LogP contribution in [0.25, 0.3) is 0 Å². The van der Waals surface area contributed by atoms with Gasteiger partial charge in [0.2, 0.25) is 0 Å². The zero-order chi connectivity index (χ0) is 9.52. The highest BCUT2D eigenvalue weighted by Gasteiger charge is 2.01. The molecule has 1 atom stereocenters. The van der Waals surface area contributed by atoms with Gasteiger partial charge in [0.25, 0.3) is 0 Å². The molecule has 13 heavy (non-hydrogen) atoms. The van der Waals surface area contributed by atoms with E-state index in [-0.39, 0.29) is 6.10 Å². The predicted octanol–water partition coefficient (Wildman–Crippen LogP) is 2.56. The zero-order valence-electron chi connectivity index (χ0n) is 7.82. The van der Waals surface area contributed by atoms with Crippen LogP contribution in [0.1, 0.15) is 18.4 Å². The number of aryl methyl sites for hydroxylation is 1. The van der Waals surface area contributed by atoms with Crippen molar-refractivity contribution in [2.24, 2.45) is 0 Å². The monoisotopic (exact) mass is 176 g/mol. The van der Waals surface area contributed by atoms with E-state index in [0.717, 1.165) is 12.8 Å². The lowest BCUT2D eigenvalue weighted by atomic mass is 10.1. The largest absolute Gasteiger partial charge is 0.393 e. The SMILES string of the molecule is C=CCC(O)CCc1ccccc1. The van der Waals surface area contributed by atoms with Gasteiger partial charge in [0.15, 0.2) is 0 Å². The fourth-order valence-corrected chi connectivity index (χ4v) is 1.29. The second kappa shape index (κ2) is 5.55. The van der Waals surface area contributed by atoms with Crippen LogP contribution in [-0.2, 0) is 6.42 Å². The quantitative estimate of drug-likeness (QED) is 0.683. The Labute approximate surface area is 79.7 Å². The summed E-state index contributed by atoms with van der Waals surface area (Å²) in [5.41, 5.74) is 1.28. The molecule has 0 bridgehead atoms. The number of rotatable bonds is 5.